The second-order valence-corrected chi connectivity index (χ2v) is 6.39. The van der Waals surface area contributed by atoms with Crippen LogP contribution in [0.1, 0.15) is 27.7 Å². The molecule has 0 N–H and O–H groups in total. The summed E-state index contributed by atoms with van der Waals surface area (Å²) in [5.41, 5.74) is 0. The van der Waals surface area contributed by atoms with Crippen molar-refractivity contribution in [2.45, 2.75) is 32.4 Å². The van der Waals surface area contributed by atoms with Gasteiger partial charge in [0.05, 0.1) is 6.61 Å². The maximum Gasteiger partial charge on any atom is 0.316 e. The van der Waals surface area contributed by atoms with E-state index in [4.69, 9.17) is 4.74 Å². The number of carbonyl (C=O) groups is 1. The van der Waals surface area contributed by atoms with E-state index in [1.165, 1.54) is 0 Å². The lowest BCUT2D eigenvalue weighted by Crippen LogP contribution is -2.09. The minimum absolute atomic E-state index is 0.126. The quantitative estimate of drug-likeness (QED) is 0.524. The molecule has 0 saturated carbocycles. The largest absolute Gasteiger partial charge is 0.465 e. The maximum atomic E-state index is 10.9. The number of rotatable bonds is 4. The molecule has 0 aliphatic heterocycles. The fraction of sp³-hybridized carbons (Fsp3) is 0.875. The van der Waals surface area contributed by atoms with Crippen molar-refractivity contribution in [3.63, 3.8) is 0 Å². The number of ether oxygens (including phenoxy) is 1. The van der Waals surface area contributed by atoms with Gasteiger partial charge < -0.3 is 4.74 Å². The minimum Gasteiger partial charge on any atom is -0.465 e. The molecule has 0 amide bonds. The van der Waals surface area contributed by atoms with E-state index in [0.717, 1.165) is 0 Å². The standard InChI is InChI=1S/C8H16O2S2/c1-5-10-7(9)6-11-12-8(2,3)4/h5-6H2,1-4H3. The third-order valence-corrected chi connectivity index (χ3v) is 3.97. The van der Waals surface area contributed by atoms with Crippen LogP contribution in [0.3, 0.4) is 0 Å². The van der Waals surface area contributed by atoms with Crippen LogP contribution in [-0.2, 0) is 9.53 Å². The van der Waals surface area contributed by atoms with E-state index in [1.807, 2.05) is 6.92 Å². The molecule has 0 unspecified atom stereocenters. The van der Waals surface area contributed by atoms with Gasteiger partial charge >= 0.3 is 5.97 Å². The van der Waals surface area contributed by atoms with Crippen LogP contribution in [0, 0.1) is 0 Å². The highest BCUT2D eigenvalue weighted by Gasteiger charge is 2.12. The summed E-state index contributed by atoms with van der Waals surface area (Å²) in [6, 6.07) is 0. The van der Waals surface area contributed by atoms with Crippen molar-refractivity contribution in [3.05, 3.63) is 0 Å². The second kappa shape index (κ2) is 5.75. The molecule has 0 atom stereocenters. The van der Waals surface area contributed by atoms with Gasteiger partial charge in [-0.2, -0.15) is 0 Å². The van der Waals surface area contributed by atoms with Gasteiger partial charge in [0, 0.05) is 4.75 Å². The normalized spacial score (nSPS) is 11.3. The predicted molar refractivity (Wildman–Crippen MR) is 56.4 cm³/mol. The van der Waals surface area contributed by atoms with E-state index < -0.39 is 0 Å². The van der Waals surface area contributed by atoms with Crippen LogP contribution in [0.25, 0.3) is 0 Å². The lowest BCUT2D eigenvalue weighted by molar-refractivity contribution is -0.139. The molecule has 4 heteroatoms. The van der Waals surface area contributed by atoms with Crippen molar-refractivity contribution >= 4 is 27.6 Å². The van der Waals surface area contributed by atoms with Gasteiger partial charge in [0.25, 0.3) is 0 Å². The Balaban J connectivity index is 3.37. The molecule has 0 aromatic carbocycles. The summed E-state index contributed by atoms with van der Waals surface area (Å²) in [5, 5.41) is 0. The zero-order valence-electron chi connectivity index (χ0n) is 8.05. The number of hydrogen-bond acceptors (Lipinski definition) is 4. The first-order chi connectivity index (χ1) is 5.45. The SMILES string of the molecule is CCOC(=O)CSSC(C)(C)C. The van der Waals surface area contributed by atoms with Gasteiger partial charge in [-0.25, -0.2) is 0 Å². The molecule has 2 nitrogen and oxygen atoms in total. The fourth-order valence-electron chi connectivity index (χ4n) is 0.457. The summed E-state index contributed by atoms with van der Waals surface area (Å²) in [6.45, 7) is 8.65. The molecule has 12 heavy (non-hydrogen) atoms. The van der Waals surface area contributed by atoms with Crippen LogP contribution >= 0.6 is 21.6 Å². The molecule has 0 rings (SSSR count). The van der Waals surface area contributed by atoms with E-state index in [1.54, 1.807) is 21.6 Å². The summed E-state index contributed by atoms with van der Waals surface area (Å²) in [6.07, 6.45) is 0. The Morgan fingerprint density at radius 3 is 2.42 bits per heavy atom. The molecule has 72 valence electrons. The third kappa shape index (κ3) is 8.27. The second-order valence-electron chi connectivity index (χ2n) is 3.26. The number of carbonyl (C=O) groups excluding carboxylic acids is 1. The van der Waals surface area contributed by atoms with Crippen LogP contribution in [0.4, 0.5) is 0 Å². The highest BCUT2D eigenvalue weighted by atomic mass is 33.1. The average molecular weight is 208 g/mol. The Morgan fingerprint density at radius 2 is 2.00 bits per heavy atom. The first-order valence-corrected chi connectivity index (χ1v) is 6.24. The Hall–Kier alpha value is 0.170. The Bertz CT molecular complexity index is 140. The van der Waals surface area contributed by atoms with Crippen LogP contribution in [0.15, 0.2) is 0 Å². The third-order valence-electron chi connectivity index (χ3n) is 0.791. The summed E-state index contributed by atoms with van der Waals surface area (Å²) >= 11 is 0. The van der Waals surface area contributed by atoms with Crippen LogP contribution in [0.5, 0.6) is 0 Å². The minimum atomic E-state index is -0.126. The molecule has 0 aliphatic rings. The molecule has 0 saturated heterocycles. The van der Waals surface area contributed by atoms with Crippen molar-refractivity contribution in [1.29, 1.82) is 0 Å². The van der Waals surface area contributed by atoms with Crippen molar-refractivity contribution < 1.29 is 9.53 Å². The zero-order chi connectivity index (χ0) is 9.61. The Kier molecular flexibility index (Phi) is 5.84. The van der Waals surface area contributed by atoms with Gasteiger partial charge in [-0.05, 0) is 6.92 Å². The fourth-order valence-corrected chi connectivity index (χ4v) is 2.58. The van der Waals surface area contributed by atoms with Gasteiger partial charge in [0.15, 0.2) is 0 Å². The summed E-state index contributed by atoms with van der Waals surface area (Å²) < 4.78 is 4.99. The van der Waals surface area contributed by atoms with Crippen molar-refractivity contribution in [2.24, 2.45) is 0 Å². The van der Waals surface area contributed by atoms with Gasteiger partial charge in [-0.3, -0.25) is 4.79 Å². The summed E-state index contributed by atoms with van der Waals surface area (Å²) in [4.78, 5) is 10.9. The molecule has 0 aromatic rings. The lowest BCUT2D eigenvalue weighted by atomic mass is 10.3. The smallest absolute Gasteiger partial charge is 0.316 e. The number of esters is 1. The molecule has 0 spiro atoms. The highest BCUT2D eigenvalue weighted by molar-refractivity contribution is 8.77. The van der Waals surface area contributed by atoms with Gasteiger partial charge in [0.2, 0.25) is 0 Å². The first kappa shape index (κ1) is 12.2. The van der Waals surface area contributed by atoms with E-state index >= 15 is 0 Å². The summed E-state index contributed by atoms with van der Waals surface area (Å²) in [5.74, 6) is 0.315. The first-order valence-electron chi connectivity index (χ1n) is 3.92. The van der Waals surface area contributed by atoms with E-state index in [9.17, 15) is 4.79 Å². The van der Waals surface area contributed by atoms with Crippen LogP contribution < -0.4 is 0 Å². The molecule has 0 aromatic heterocycles. The van der Waals surface area contributed by atoms with Crippen molar-refractivity contribution in [1.82, 2.24) is 0 Å². The van der Waals surface area contributed by atoms with Gasteiger partial charge in [-0.15, -0.1) is 0 Å². The lowest BCUT2D eigenvalue weighted by Gasteiger charge is -2.15. The van der Waals surface area contributed by atoms with Crippen LogP contribution in [-0.4, -0.2) is 23.1 Å². The maximum absolute atomic E-state index is 10.9. The summed E-state index contributed by atoms with van der Waals surface area (Å²) in [7, 11) is 3.25. The van der Waals surface area contributed by atoms with E-state index in [-0.39, 0.29) is 10.7 Å². The van der Waals surface area contributed by atoms with Crippen molar-refractivity contribution in [3.8, 4) is 0 Å². The molecule has 0 heterocycles. The molecular formula is C8H16O2S2. The molecule has 0 bridgehead atoms. The topological polar surface area (TPSA) is 26.3 Å². The van der Waals surface area contributed by atoms with Gasteiger partial charge in [-0.1, -0.05) is 42.4 Å². The Morgan fingerprint density at radius 1 is 1.42 bits per heavy atom. The van der Waals surface area contributed by atoms with E-state index in [2.05, 4.69) is 20.8 Å². The van der Waals surface area contributed by atoms with E-state index in [0.29, 0.717) is 12.4 Å². The number of hydrogen-bond donors (Lipinski definition) is 0. The molecule has 0 aliphatic carbocycles. The van der Waals surface area contributed by atoms with Crippen LogP contribution in [0.2, 0.25) is 0 Å². The monoisotopic (exact) mass is 208 g/mol. The molecule has 0 fully saturated rings. The van der Waals surface area contributed by atoms with Crippen molar-refractivity contribution in [2.75, 3.05) is 12.4 Å². The highest BCUT2D eigenvalue weighted by Crippen LogP contribution is 2.34. The Labute approximate surface area is 82.2 Å². The average Bonchev–Trinajstić information content (AvgIpc) is 1.84. The zero-order valence-corrected chi connectivity index (χ0v) is 9.68. The molecular weight excluding hydrogens is 192 g/mol. The molecule has 0 radical (unpaired) electrons. The van der Waals surface area contributed by atoms with Gasteiger partial charge in [0.1, 0.15) is 5.75 Å². The predicted octanol–water partition coefficient (Wildman–Crippen LogP) is 2.73.